The summed E-state index contributed by atoms with van der Waals surface area (Å²) in [6.45, 7) is 4.30. The largest absolute Gasteiger partial charge is 0.307 e. The summed E-state index contributed by atoms with van der Waals surface area (Å²) in [6.07, 6.45) is 7.13. The number of amides is 1. The second-order valence-corrected chi connectivity index (χ2v) is 8.44. The summed E-state index contributed by atoms with van der Waals surface area (Å²) in [6, 6.07) is 2.18. The molecule has 132 valence electrons. The van der Waals surface area contributed by atoms with Crippen molar-refractivity contribution in [3.8, 4) is 0 Å². The summed E-state index contributed by atoms with van der Waals surface area (Å²) in [4.78, 5) is 29.8. The summed E-state index contributed by atoms with van der Waals surface area (Å²) < 4.78 is 0. The van der Waals surface area contributed by atoms with Crippen LogP contribution in [0.1, 0.15) is 55.1 Å². The number of hydrogen-bond donors (Lipinski definition) is 0. The van der Waals surface area contributed by atoms with Crippen molar-refractivity contribution in [2.24, 2.45) is 11.8 Å². The topological polar surface area (TPSA) is 40.6 Å². The molecule has 0 radical (unpaired) electrons. The van der Waals surface area contributed by atoms with Gasteiger partial charge >= 0.3 is 0 Å². The van der Waals surface area contributed by atoms with Crippen LogP contribution in [-0.2, 0) is 4.79 Å². The van der Waals surface area contributed by atoms with Crippen molar-refractivity contribution in [2.45, 2.75) is 51.5 Å². The number of hydrogen-bond acceptors (Lipinski definition) is 4. The third-order valence-corrected chi connectivity index (χ3v) is 6.53. The molecule has 0 atom stereocenters. The average Bonchev–Trinajstić information content (AvgIpc) is 3.05. The normalized spacial score (nSPS) is 26.2. The minimum Gasteiger partial charge on any atom is -0.307 e. The first-order valence-electron chi connectivity index (χ1n) is 9.14. The monoisotopic (exact) mass is 348 g/mol. The van der Waals surface area contributed by atoms with E-state index in [1.807, 2.05) is 16.3 Å². The zero-order valence-electron chi connectivity index (χ0n) is 14.7. The number of likely N-dealkylation sites (tertiary alicyclic amines) is 1. The van der Waals surface area contributed by atoms with Crippen LogP contribution in [-0.4, -0.2) is 43.3 Å². The molecule has 0 aromatic carbocycles. The molecule has 2 aliphatic rings. The molecule has 0 bridgehead atoms. The zero-order chi connectivity index (χ0) is 17.1. The Labute approximate surface area is 148 Å². The Bertz CT molecular complexity index is 570. The van der Waals surface area contributed by atoms with E-state index < -0.39 is 0 Å². The van der Waals surface area contributed by atoms with Gasteiger partial charge in [-0.05, 0) is 76.0 Å². The molecule has 1 aromatic rings. The predicted octanol–water partition coefficient (Wildman–Crippen LogP) is 3.81. The molecule has 3 rings (SSSR count). The molecule has 24 heavy (non-hydrogen) atoms. The summed E-state index contributed by atoms with van der Waals surface area (Å²) in [5, 5.41) is 1.93. The summed E-state index contributed by atoms with van der Waals surface area (Å²) >= 11 is 1.43. The lowest BCUT2D eigenvalue weighted by Crippen LogP contribution is -2.49. The van der Waals surface area contributed by atoms with Crippen LogP contribution in [0, 0.1) is 11.8 Å². The molecule has 0 unspecified atom stereocenters. The molecule has 1 saturated carbocycles. The number of anilines is 1. The highest BCUT2D eigenvalue weighted by atomic mass is 32.1. The quantitative estimate of drug-likeness (QED) is 0.777. The highest BCUT2D eigenvalue weighted by molar-refractivity contribution is 7.12. The van der Waals surface area contributed by atoms with E-state index in [1.165, 1.54) is 11.3 Å². The molecule has 1 aromatic heterocycles. The van der Waals surface area contributed by atoms with Crippen molar-refractivity contribution in [1.82, 2.24) is 4.90 Å². The van der Waals surface area contributed by atoms with Gasteiger partial charge in [0.25, 0.3) is 0 Å². The van der Waals surface area contributed by atoms with Crippen molar-refractivity contribution < 1.29 is 9.59 Å². The minimum atomic E-state index is 0.125. The van der Waals surface area contributed by atoms with Gasteiger partial charge in [-0.3, -0.25) is 9.59 Å². The van der Waals surface area contributed by atoms with Crippen LogP contribution < -0.4 is 4.90 Å². The number of carbonyl (C=O) groups is 2. The van der Waals surface area contributed by atoms with E-state index in [-0.39, 0.29) is 17.9 Å². The van der Waals surface area contributed by atoms with Gasteiger partial charge in [0.15, 0.2) is 6.29 Å². The Kier molecular flexibility index (Phi) is 5.72. The van der Waals surface area contributed by atoms with Crippen LogP contribution in [0.4, 0.5) is 5.69 Å². The third kappa shape index (κ3) is 3.72. The van der Waals surface area contributed by atoms with Gasteiger partial charge in [-0.25, -0.2) is 0 Å². The van der Waals surface area contributed by atoms with Crippen LogP contribution in [0.2, 0.25) is 0 Å². The van der Waals surface area contributed by atoms with Crippen LogP contribution in [0.15, 0.2) is 11.4 Å². The minimum absolute atomic E-state index is 0.125. The molecule has 4 nitrogen and oxygen atoms in total. The number of nitrogens with zero attached hydrogens (tertiary/aromatic N) is 2. The number of aldehydes is 1. The number of piperidine rings is 1. The van der Waals surface area contributed by atoms with E-state index in [0.29, 0.717) is 4.88 Å². The first kappa shape index (κ1) is 17.6. The maximum Gasteiger partial charge on any atom is 0.230 e. The van der Waals surface area contributed by atoms with Crippen molar-refractivity contribution in [1.29, 1.82) is 0 Å². The second-order valence-electron chi connectivity index (χ2n) is 7.49. The maximum absolute atomic E-state index is 13.4. The SMILES string of the molecule is CC1CCC(C(=O)N(c2ccsc2C=O)C2CCN(C)CC2)CC1. The van der Waals surface area contributed by atoms with E-state index in [4.69, 9.17) is 0 Å². The number of rotatable bonds is 4. The van der Waals surface area contributed by atoms with Crippen LogP contribution in [0.25, 0.3) is 0 Å². The Balaban J connectivity index is 1.84. The average molecular weight is 349 g/mol. The number of carbonyl (C=O) groups excluding carboxylic acids is 2. The zero-order valence-corrected chi connectivity index (χ0v) is 15.6. The maximum atomic E-state index is 13.4. The third-order valence-electron chi connectivity index (χ3n) is 5.70. The van der Waals surface area contributed by atoms with Gasteiger partial charge in [0.1, 0.15) is 0 Å². The van der Waals surface area contributed by atoms with Crippen molar-refractivity contribution in [2.75, 3.05) is 25.0 Å². The van der Waals surface area contributed by atoms with Gasteiger partial charge in [-0.1, -0.05) is 6.92 Å². The van der Waals surface area contributed by atoms with E-state index in [0.717, 1.165) is 69.5 Å². The molecular formula is C19H28N2O2S. The molecule has 0 spiro atoms. The van der Waals surface area contributed by atoms with Gasteiger partial charge in [0.05, 0.1) is 10.6 Å². The van der Waals surface area contributed by atoms with Crippen LogP contribution in [0.5, 0.6) is 0 Å². The molecule has 0 N–H and O–H groups in total. The van der Waals surface area contributed by atoms with Crippen LogP contribution >= 0.6 is 11.3 Å². The molecule has 1 saturated heterocycles. The van der Waals surface area contributed by atoms with E-state index >= 15 is 0 Å². The van der Waals surface area contributed by atoms with Gasteiger partial charge in [-0.15, -0.1) is 11.3 Å². The van der Waals surface area contributed by atoms with Crippen molar-refractivity contribution >= 4 is 29.2 Å². The van der Waals surface area contributed by atoms with Crippen LogP contribution in [0.3, 0.4) is 0 Å². The smallest absolute Gasteiger partial charge is 0.230 e. The summed E-state index contributed by atoms with van der Waals surface area (Å²) in [5.41, 5.74) is 0.841. The van der Waals surface area contributed by atoms with E-state index in [2.05, 4.69) is 18.9 Å². The van der Waals surface area contributed by atoms with E-state index in [9.17, 15) is 9.59 Å². The Morgan fingerprint density at radius 2 is 1.88 bits per heavy atom. The highest BCUT2D eigenvalue weighted by Crippen LogP contribution is 2.35. The fourth-order valence-electron chi connectivity index (χ4n) is 4.05. The molecule has 2 heterocycles. The highest BCUT2D eigenvalue weighted by Gasteiger charge is 2.35. The molecule has 1 amide bonds. The van der Waals surface area contributed by atoms with Crippen molar-refractivity contribution in [3.05, 3.63) is 16.3 Å². The molecular weight excluding hydrogens is 320 g/mol. The second kappa shape index (κ2) is 7.79. The summed E-state index contributed by atoms with van der Waals surface area (Å²) in [7, 11) is 2.13. The Hall–Kier alpha value is -1.20. The fraction of sp³-hybridized carbons (Fsp3) is 0.684. The summed E-state index contributed by atoms with van der Waals surface area (Å²) in [5.74, 6) is 1.11. The molecule has 2 fully saturated rings. The first-order valence-corrected chi connectivity index (χ1v) is 10.0. The lowest BCUT2D eigenvalue weighted by atomic mass is 9.82. The lowest BCUT2D eigenvalue weighted by molar-refractivity contribution is -0.124. The van der Waals surface area contributed by atoms with Gasteiger partial charge in [0, 0.05) is 12.0 Å². The molecule has 5 heteroatoms. The Morgan fingerprint density at radius 1 is 1.21 bits per heavy atom. The molecule has 1 aliphatic carbocycles. The van der Waals surface area contributed by atoms with Gasteiger partial charge in [0.2, 0.25) is 5.91 Å². The van der Waals surface area contributed by atoms with E-state index in [1.54, 1.807) is 0 Å². The Morgan fingerprint density at radius 3 is 2.50 bits per heavy atom. The lowest BCUT2D eigenvalue weighted by Gasteiger charge is -2.39. The fourth-order valence-corrected chi connectivity index (χ4v) is 4.74. The van der Waals surface area contributed by atoms with Crippen molar-refractivity contribution in [3.63, 3.8) is 0 Å². The van der Waals surface area contributed by atoms with Gasteiger partial charge < -0.3 is 9.80 Å². The van der Waals surface area contributed by atoms with Gasteiger partial charge in [-0.2, -0.15) is 0 Å². The number of thiophene rings is 1. The standard InChI is InChI=1S/C19H28N2O2S/c1-14-3-5-15(6-4-14)19(23)21(16-7-10-20(2)11-8-16)17-9-12-24-18(17)13-22/h9,12-16H,3-8,10-11H2,1-2H3. The molecule has 1 aliphatic heterocycles. The predicted molar refractivity (Wildman–Crippen MR) is 98.8 cm³/mol. The first-order chi connectivity index (χ1) is 11.6.